The van der Waals surface area contributed by atoms with E-state index in [0.29, 0.717) is 12.1 Å². The van der Waals surface area contributed by atoms with Crippen molar-refractivity contribution >= 4 is 0 Å². The molecule has 1 aliphatic heterocycles. The lowest BCUT2D eigenvalue weighted by atomic mass is 9.99. The second kappa shape index (κ2) is 7.24. The normalized spacial score (nSPS) is 24.9. The van der Waals surface area contributed by atoms with E-state index >= 15 is 0 Å². The van der Waals surface area contributed by atoms with Crippen LogP contribution in [0.1, 0.15) is 58.3 Å². The second-order valence-corrected chi connectivity index (χ2v) is 4.48. The minimum absolute atomic E-state index is 0.365. The third kappa shape index (κ3) is 4.97. The molecule has 0 amide bonds. The highest BCUT2D eigenvalue weighted by atomic mass is 16.5. The monoisotopic (exact) mass is 199 g/mol. The Bertz CT molecular complexity index is 132. The zero-order chi connectivity index (χ0) is 10.2. The molecular formula is C12H25NO. The molecule has 2 N–H and O–H groups in total. The third-order valence-corrected chi connectivity index (χ3v) is 3.02. The predicted octanol–water partition coefficient (Wildman–Crippen LogP) is 2.85. The second-order valence-electron chi connectivity index (χ2n) is 4.48. The predicted molar refractivity (Wildman–Crippen MR) is 60.3 cm³/mol. The van der Waals surface area contributed by atoms with Gasteiger partial charge >= 0.3 is 0 Å². The maximum absolute atomic E-state index is 6.07. The zero-order valence-corrected chi connectivity index (χ0v) is 9.50. The Morgan fingerprint density at radius 3 is 2.86 bits per heavy atom. The largest absolute Gasteiger partial charge is 0.378 e. The van der Waals surface area contributed by atoms with Crippen LogP contribution < -0.4 is 5.73 Å². The first kappa shape index (κ1) is 12.0. The van der Waals surface area contributed by atoms with Gasteiger partial charge in [-0.05, 0) is 32.1 Å². The summed E-state index contributed by atoms with van der Waals surface area (Å²) in [6.45, 7) is 3.18. The van der Waals surface area contributed by atoms with E-state index in [2.05, 4.69) is 6.92 Å². The van der Waals surface area contributed by atoms with Gasteiger partial charge in [0.05, 0.1) is 6.10 Å². The van der Waals surface area contributed by atoms with Crippen molar-refractivity contribution in [3.05, 3.63) is 0 Å². The molecule has 0 aromatic carbocycles. The van der Waals surface area contributed by atoms with Gasteiger partial charge in [0.15, 0.2) is 0 Å². The molecule has 1 heterocycles. The van der Waals surface area contributed by atoms with Gasteiger partial charge < -0.3 is 10.5 Å². The lowest BCUT2D eigenvalue weighted by molar-refractivity contribution is 0.00691. The van der Waals surface area contributed by atoms with Gasteiger partial charge in [-0.2, -0.15) is 0 Å². The number of nitrogens with two attached hydrogens (primary N) is 1. The Morgan fingerprint density at radius 1 is 1.36 bits per heavy atom. The van der Waals surface area contributed by atoms with Crippen molar-refractivity contribution in [2.24, 2.45) is 5.73 Å². The molecule has 1 fully saturated rings. The van der Waals surface area contributed by atoms with E-state index in [9.17, 15) is 0 Å². The molecule has 0 bridgehead atoms. The zero-order valence-electron chi connectivity index (χ0n) is 9.50. The van der Waals surface area contributed by atoms with Crippen molar-refractivity contribution in [1.82, 2.24) is 0 Å². The summed E-state index contributed by atoms with van der Waals surface area (Å²) in [7, 11) is 0. The fraction of sp³-hybridized carbons (Fsp3) is 1.00. The summed E-state index contributed by atoms with van der Waals surface area (Å²) in [5, 5.41) is 0. The fourth-order valence-corrected chi connectivity index (χ4v) is 2.11. The van der Waals surface area contributed by atoms with Crippen molar-refractivity contribution in [1.29, 1.82) is 0 Å². The SMILES string of the molecule is CCCCCC(N)CC1CCCCO1. The van der Waals surface area contributed by atoms with Gasteiger partial charge in [0, 0.05) is 12.6 Å². The summed E-state index contributed by atoms with van der Waals surface area (Å²) in [5.41, 5.74) is 6.07. The van der Waals surface area contributed by atoms with E-state index in [0.717, 1.165) is 13.0 Å². The molecule has 2 nitrogen and oxygen atoms in total. The van der Waals surface area contributed by atoms with Crippen LogP contribution in [0, 0.1) is 0 Å². The van der Waals surface area contributed by atoms with Crippen molar-refractivity contribution < 1.29 is 4.74 Å². The van der Waals surface area contributed by atoms with Crippen LogP contribution in [0.2, 0.25) is 0 Å². The average molecular weight is 199 g/mol. The lowest BCUT2D eigenvalue weighted by Gasteiger charge is -2.25. The van der Waals surface area contributed by atoms with Gasteiger partial charge in [-0.25, -0.2) is 0 Å². The topological polar surface area (TPSA) is 35.2 Å². The van der Waals surface area contributed by atoms with E-state index in [4.69, 9.17) is 10.5 Å². The number of ether oxygens (including phenoxy) is 1. The van der Waals surface area contributed by atoms with Crippen molar-refractivity contribution in [2.75, 3.05) is 6.61 Å². The molecule has 2 heteroatoms. The van der Waals surface area contributed by atoms with Gasteiger partial charge in [-0.15, -0.1) is 0 Å². The van der Waals surface area contributed by atoms with Crippen molar-refractivity contribution in [3.8, 4) is 0 Å². The van der Waals surface area contributed by atoms with E-state index < -0.39 is 0 Å². The molecular weight excluding hydrogens is 174 g/mol. The number of rotatable bonds is 6. The maximum Gasteiger partial charge on any atom is 0.0589 e. The molecule has 0 aromatic rings. The van der Waals surface area contributed by atoms with Crippen molar-refractivity contribution in [2.45, 2.75) is 70.4 Å². The fourth-order valence-electron chi connectivity index (χ4n) is 2.11. The standard InChI is InChI=1S/C12H25NO/c1-2-3-4-7-11(13)10-12-8-5-6-9-14-12/h11-12H,2-10,13H2,1H3. The summed E-state index contributed by atoms with van der Waals surface area (Å²) in [6.07, 6.45) is 10.4. The smallest absolute Gasteiger partial charge is 0.0589 e. The molecule has 14 heavy (non-hydrogen) atoms. The first-order valence-corrected chi connectivity index (χ1v) is 6.20. The molecule has 1 saturated heterocycles. The Labute approximate surface area is 88.2 Å². The van der Waals surface area contributed by atoms with E-state index in [-0.39, 0.29) is 0 Å². The van der Waals surface area contributed by atoms with Crippen LogP contribution in [0.15, 0.2) is 0 Å². The van der Waals surface area contributed by atoms with Crippen LogP contribution in [0.3, 0.4) is 0 Å². The highest BCUT2D eigenvalue weighted by Gasteiger charge is 2.16. The van der Waals surface area contributed by atoms with Crippen molar-refractivity contribution in [3.63, 3.8) is 0 Å². The summed E-state index contributed by atoms with van der Waals surface area (Å²) in [5.74, 6) is 0. The van der Waals surface area contributed by atoms with Crippen LogP contribution >= 0.6 is 0 Å². The quantitative estimate of drug-likeness (QED) is 0.668. The van der Waals surface area contributed by atoms with E-state index in [1.165, 1.54) is 44.9 Å². The maximum atomic E-state index is 6.07. The number of unbranched alkanes of at least 4 members (excludes halogenated alkanes) is 2. The molecule has 0 spiro atoms. The summed E-state index contributed by atoms with van der Waals surface area (Å²) >= 11 is 0. The van der Waals surface area contributed by atoms with Crippen LogP contribution in [-0.4, -0.2) is 18.8 Å². The Morgan fingerprint density at radius 2 is 2.21 bits per heavy atom. The average Bonchev–Trinajstić information content (AvgIpc) is 2.20. The highest BCUT2D eigenvalue weighted by Crippen LogP contribution is 2.18. The Balaban J connectivity index is 2.03. The molecule has 1 aliphatic rings. The Hall–Kier alpha value is -0.0800. The van der Waals surface area contributed by atoms with Gasteiger partial charge in [0.25, 0.3) is 0 Å². The molecule has 0 saturated carbocycles. The minimum Gasteiger partial charge on any atom is -0.378 e. The molecule has 0 aliphatic carbocycles. The van der Waals surface area contributed by atoms with Gasteiger partial charge in [-0.3, -0.25) is 0 Å². The minimum atomic E-state index is 0.365. The Kier molecular flexibility index (Phi) is 6.20. The van der Waals surface area contributed by atoms with Crippen LogP contribution in [0.4, 0.5) is 0 Å². The summed E-state index contributed by atoms with van der Waals surface area (Å²) in [4.78, 5) is 0. The molecule has 84 valence electrons. The molecule has 0 aromatic heterocycles. The van der Waals surface area contributed by atoms with E-state index in [1.807, 2.05) is 0 Å². The summed E-state index contributed by atoms with van der Waals surface area (Å²) in [6, 6.07) is 0.365. The van der Waals surface area contributed by atoms with Gasteiger partial charge in [0.1, 0.15) is 0 Å². The van der Waals surface area contributed by atoms with Gasteiger partial charge in [0.2, 0.25) is 0 Å². The number of hydrogen-bond acceptors (Lipinski definition) is 2. The third-order valence-electron chi connectivity index (χ3n) is 3.02. The van der Waals surface area contributed by atoms with Crippen LogP contribution in [0.25, 0.3) is 0 Å². The van der Waals surface area contributed by atoms with Gasteiger partial charge in [-0.1, -0.05) is 26.2 Å². The lowest BCUT2D eigenvalue weighted by Crippen LogP contribution is -2.29. The number of hydrogen-bond donors (Lipinski definition) is 1. The first-order chi connectivity index (χ1) is 6.83. The first-order valence-electron chi connectivity index (χ1n) is 6.20. The van der Waals surface area contributed by atoms with Crippen LogP contribution in [0.5, 0.6) is 0 Å². The molecule has 1 rings (SSSR count). The molecule has 2 atom stereocenters. The molecule has 0 radical (unpaired) electrons. The highest BCUT2D eigenvalue weighted by molar-refractivity contribution is 4.71. The summed E-state index contributed by atoms with van der Waals surface area (Å²) < 4.78 is 5.67. The van der Waals surface area contributed by atoms with E-state index in [1.54, 1.807) is 0 Å². The molecule has 2 unspecified atom stereocenters. The van der Waals surface area contributed by atoms with Crippen LogP contribution in [-0.2, 0) is 4.74 Å².